The molecule has 5 rings (SSSR count). The first-order chi connectivity index (χ1) is 12.9. The molecule has 1 aromatic rings. The first-order valence-corrected chi connectivity index (χ1v) is 9.12. The zero-order valence-electron chi connectivity index (χ0n) is 15.0. The third-order valence-electron chi connectivity index (χ3n) is 6.67. The molecule has 4 aliphatic heterocycles. The van der Waals surface area contributed by atoms with Crippen LogP contribution in [0.25, 0.3) is 0 Å². The second kappa shape index (κ2) is 5.19. The number of fused-ring (bicyclic) bond motifs is 4. The number of carbonyl (C=O) groups is 3. The SMILES string of the molecule is CC(=O)N(C)[C@H]1C[C@@H]2N(C(=O)[C@H]3[C@@H](C(=O)O)[C@@H]4C=C[C@]23O4)c2ccccc21. The van der Waals surface area contributed by atoms with Gasteiger partial charge in [0.1, 0.15) is 11.5 Å². The van der Waals surface area contributed by atoms with Gasteiger partial charge in [0.2, 0.25) is 11.8 Å². The van der Waals surface area contributed by atoms with Crippen molar-refractivity contribution in [2.45, 2.75) is 37.1 Å². The number of nitrogens with zero attached hydrogens (tertiary/aromatic N) is 2. The summed E-state index contributed by atoms with van der Waals surface area (Å²) in [6.45, 7) is 1.52. The van der Waals surface area contributed by atoms with Gasteiger partial charge in [-0.2, -0.15) is 0 Å². The van der Waals surface area contributed by atoms with E-state index in [0.29, 0.717) is 6.42 Å². The summed E-state index contributed by atoms with van der Waals surface area (Å²) in [5.74, 6) is -2.86. The predicted octanol–water partition coefficient (Wildman–Crippen LogP) is 1.35. The Labute approximate surface area is 156 Å². The van der Waals surface area contributed by atoms with E-state index in [1.54, 1.807) is 22.9 Å². The average Bonchev–Trinajstić information content (AvgIpc) is 3.29. The first kappa shape index (κ1) is 16.5. The number of aliphatic carboxylic acids is 1. The van der Waals surface area contributed by atoms with Crippen LogP contribution in [0.5, 0.6) is 0 Å². The number of hydrogen-bond donors (Lipinski definition) is 1. The minimum Gasteiger partial charge on any atom is -0.481 e. The summed E-state index contributed by atoms with van der Waals surface area (Å²) in [4.78, 5) is 40.7. The van der Waals surface area contributed by atoms with Crippen LogP contribution in [-0.4, -0.2) is 52.6 Å². The zero-order chi connectivity index (χ0) is 19.1. The van der Waals surface area contributed by atoms with Crippen molar-refractivity contribution in [3.63, 3.8) is 0 Å². The van der Waals surface area contributed by atoms with E-state index < -0.39 is 29.5 Å². The molecule has 4 aliphatic rings. The maximum Gasteiger partial charge on any atom is 0.310 e. The van der Waals surface area contributed by atoms with Crippen LogP contribution in [0.4, 0.5) is 5.69 Å². The Hall–Kier alpha value is -2.67. The molecule has 2 bridgehead atoms. The summed E-state index contributed by atoms with van der Waals surface area (Å²) >= 11 is 0. The van der Waals surface area contributed by atoms with E-state index in [-0.39, 0.29) is 23.9 Å². The Morgan fingerprint density at radius 3 is 2.78 bits per heavy atom. The summed E-state index contributed by atoms with van der Waals surface area (Å²) in [5.41, 5.74) is 0.709. The molecular weight excluding hydrogens is 348 g/mol. The maximum absolute atomic E-state index is 13.4. The lowest BCUT2D eigenvalue weighted by Crippen LogP contribution is -2.50. The standard InChI is InChI=1S/C20H20N2O5/c1-10(23)21(2)13-9-15-20-8-7-14(27-20)16(19(25)26)17(20)18(24)22(15)12-6-4-3-5-11(12)13/h3-8,13-17H,9H2,1-2H3,(H,25,26)/t13-,14-,15-,16-,17+,20-/m0/s1. The average molecular weight is 368 g/mol. The Kier molecular flexibility index (Phi) is 3.17. The van der Waals surface area contributed by atoms with E-state index in [9.17, 15) is 19.5 Å². The van der Waals surface area contributed by atoms with Gasteiger partial charge in [0.15, 0.2) is 0 Å². The van der Waals surface area contributed by atoms with Crippen molar-refractivity contribution in [3.8, 4) is 0 Å². The number of carboxylic acids is 1. The van der Waals surface area contributed by atoms with Crippen LogP contribution in [0.15, 0.2) is 36.4 Å². The zero-order valence-corrected chi connectivity index (χ0v) is 15.0. The monoisotopic (exact) mass is 368 g/mol. The molecule has 140 valence electrons. The molecule has 2 saturated heterocycles. The molecule has 0 saturated carbocycles. The van der Waals surface area contributed by atoms with Gasteiger partial charge < -0.3 is 19.6 Å². The molecule has 2 amide bonds. The quantitative estimate of drug-likeness (QED) is 0.797. The van der Waals surface area contributed by atoms with Crippen molar-refractivity contribution in [3.05, 3.63) is 42.0 Å². The van der Waals surface area contributed by atoms with Gasteiger partial charge in [-0.1, -0.05) is 30.4 Å². The van der Waals surface area contributed by atoms with Crippen molar-refractivity contribution >= 4 is 23.5 Å². The van der Waals surface area contributed by atoms with E-state index in [0.717, 1.165) is 11.3 Å². The highest BCUT2D eigenvalue weighted by Gasteiger charge is 2.72. The second-order valence-corrected chi connectivity index (χ2v) is 7.80. The number of carboxylic acid groups (broad SMARTS) is 1. The van der Waals surface area contributed by atoms with Crippen molar-refractivity contribution < 1.29 is 24.2 Å². The number of rotatable bonds is 2. The van der Waals surface area contributed by atoms with E-state index >= 15 is 0 Å². The van der Waals surface area contributed by atoms with Crippen molar-refractivity contribution in [2.75, 3.05) is 11.9 Å². The van der Waals surface area contributed by atoms with Crippen LogP contribution in [0.1, 0.15) is 24.9 Å². The van der Waals surface area contributed by atoms with Gasteiger partial charge in [0.05, 0.1) is 24.1 Å². The number of para-hydroxylation sites is 1. The molecule has 1 aromatic carbocycles. The summed E-state index contributed by atoms with van der Waals surface area (Å²) in [5, 5.41) is 9.70. The number of ether oxygens (including phenoxy) is 1. The third-order valence-corrected chi connectivity index (χ3v) is 6.67. The summed E-state index contributed by atoms with van der Waals surface area (Å²) < 4.78 is 6.14. The number of anilines is 1. The van der Waals surface area contributed by atoms with Gasteiger partial charge in [-0.3, -0.25) is 14.4 Å². The summed E-state index contributed by atoms with van der Waals surface area (Å²) in [7, 11) is 1.76. The van der Waals surface area contributed by atoms with Crippen molar-refractivity contribution in [1.29, 1.82) is 0 Å². The number of amides is 2. The van der Waals surface area contributed by atoms with Gasteiger partial charge in [0, 0.05) is 19.7 Å². The van der Waals surface area contributed by atoms with Crippen molar-refractivity contribution in [2.24, 2.45) is 11.8 Å². The number of carbonyl (C=O) groups excluding carboxylic acids is 2. The fraction of sp³-hybridized carbons (Fsp3) is 0.450. The minimum absolute atomic E-state index is 0.0581. The fourth-order valence-corrected chi connectivity index (χ4v) is 5.42. The largest absolute Gasteiger partial charge is 0.481 e. The molecule has 1 N–H and O–H groups in total. The number of benzene rings is 1. The van der Waals surface area contributed by atoms with E-state index in [1.807, 2.05) is 30.3 Å². The highest BCUT2D eigenvalue weighted by Crippen LogP contribution is 2.59. The van der Waals surface area contributed by atoms with Gasteiger partial charge in [0.25, 0.3) is 0 Å². The molecule has 4 heterocycles. The highest BCUT2D eigenvalue weighted by atomic mass is 16.5. The van der Waals surface area contributed by atoms with Gasteiger partial charge >= 0.3 is 5.97 Å². The van der Waals surface area contributed by atoms with E-state index in [2.05, 4.69) is 0 Å². The third kappa shape index (κ3) is 1.87. The molecule has 7 nitrogen and oxygen atoms in total. The van der Waals surface area contributed by atoms with Gasteiger partial charge in [-0.15, -0.1) is 0 Å². The lowest BCUT2D eigenvalue weighted by atomic mass is 9.73. The lowest BCUT2D eigenvalue weighted by Gasteiger charge is -2.43. The molecule has 0 aromatic heterocycles. The topological polar surface area (TPSA) is 87.2 Å². The van der Waals surface area contributed by atoms with Crippen LogP contribution < -0.4 is 4.90 Å². The smallest absolute Gasteiger partial charge is 0.310 e. The van der Waals surface area contributed by atoms with Crippen LogP contribution >= 0.6 is 0 Å². The molecule has 27 heavy (non-hydrogen) atoms. The van der Waals surface area contributed by atoms with Crippen LogP contribution in [-0.2, 0) is 19.1 Å². The highest BCUT2D eigenvalue weighted by molar-refractivity contribution is 6.04. The fourth-order valence-electron chi connectivity index (χ4n) is 5.42. The minimum atomic E-state index is -1.00. The van der Waals surface area contributed by atoms with Crippen molar-refractivity contribution in [1.82, 2.24) is 4.90 Å². The molecule has 6 atom stereocenters. The molecule has 1 spiro atoms. The molecule has 0 aliphatic carbocycles. The first-order valence-electron chi connectivity index (χ1n) is 9.12. The number of hydrogen-bond acceptors (Lipinski definition) is 4. The Morgan fingerprint density at radius 1 is 1.33 bits per heavy atom. The Morgan fingerprint density at radius 2 is 2.07 bits per heavy atom. The molecular formula is C20H20N2O5. The normalized spacial score (nSPS) is 37.8. The molecule has 7 heteroatoms. The molecule has 0 radical (unpaired) electrons. The summed E-state index contributed by atoms with van der Waals surface area (Å²) in [6, 6.07) is 7.01. The maximum atomic E-state index is 13.4. The Balaban J connectivity index is 1.67. The van der Waals surface area contributed by atoms with Crippen LogP contribution in [0.2, 0.25) is 0 Å². The predicted molar refractivity (Wildman–Crippen MR) is 94.9 cm³/mol. The second-order valence-electron chi connectivity index (χ2n) is 7.80. The van der Waals surface area contributed by atoms with Gasteiger partial charge in [-0.05, 0) is 18.1 Å². The van der Waals surface area contributed by atoms with Crippen LogP contribution in [0.3, 0.4) is 0 Å². The molecule has 0 unspecified atom stereocenters. The summed E-state index contributed by atoms with van der Waals surface area (Å²) in [6.07, 6.45) is 3.60. The van der Waals surface area contributed by atoms with Gasteiger partial charge in [-0.25, -0.2) is 0 Å². The van der Waals surface area contributed by atoms with E-state index in [1.165, 1.54) is 6.92 Å². The van der Waals surface area contributed by atoms with E-state index in [4.69, 9.17) is 4.74 Å². The molecule has 2 fully saturated rings. The van der Waals surface area contributed by atoms with Crippen LogP contribution in [0, 0.1) is 11.8 Å². The lowest BCUT2D eigenvalue weighted by molar-refractivity contribution is -0.146. The Bertz CT molecular complexity index is 911.